The van der Waals surface area contributed by atoms with Gasteiger partial charge in [0, 0.05) is 0 Å². The Kier molecular flexibility index (Phi) is 3.29. The second kappa shape index (κ2) is 4.73. The van der Waals surface area contributed by atoms with Crippen molar-refractivity contribution in [2.75, 3.05) is 6.61 Å². The molecule has 0 aromatic heterocycles. The predicted molar refractivity (Wildman–Crippen MR) is 62.4 cm³/mol. The van der Waals surface area contributed by atoms with Crippen molar-refractivity contribution in [2.45, 2.75) is 28.8 Å². The van der Waals surface area contributed by atoms with Gasteiger partial charge < -0.3 is 0 Å². The first-order chi connectivity index (χ1) is 7.84. The van der Waals surface area contributed by atoms with Crippen molar-refractivity contribution in [3.8, 4) is 0 Å². The van der Waals surface area contributed by atoms with Crippen molar-refractivity contribution in [2.24, 2.45) is 5.92 Å². The Bertz CT molecular complexity index is 352. The fraction of sp³-hybridized carbons (Fsp3) is 0.538. The molecule has 3 rings (SSSR count). The van der Waals surface area contributed by atoms with Crippen LogP contribution < -0.4 is 0 Å². The van der Waals surface area contributed by atoms with Gasteiger partial charge in [0.25, 0.3) is 0 Å². The molecule has 0 amide bonds. The number of rotatable bonds is 4. The minimum atomic E-state index is 0.526. The Morgan fingerprint density at radius 2 is 2.12 bits per heavy atom. The first-order valence-corrected chi connectivity index (χ1v) is 7.61. The van der Waals surface area contributed by atoms with Gasteiger partial charge in [-0.25, -0.2) is 0 Å². The van der Waals surface area contributed by atoms with Crippen LogP contribution in [0.4, 0.5) is 0 Å². The second-order valence-corrected chi connectivity index (χ2v) is 6.93. The van der Waals surface area contributed by atoms with Gasteiger partial charge in [-0.1, -0.05) is 0 Å². The number of benzene rings is 1. The van der Waals surface area contributed by atoms with Crippen LogP contribution in [0.2, 0.25) is 3.58 Å². The van der Waals surface area contributed by atoms with Gasteiger partial charge in [0.1, 0.15) is 0 Å². The van der Waals surface area contributed by atoms with Crippen LogP contribution >= 0.6 is 0 Å². The zero-order valence-electron chi connectivity index (χ0n) is 9.04. The normalized spacial score (nSPS) is 36.1. The van der Waals surface area contributed by atoms with Crippen molar-refractivity contribution < 1.29 is 9.47 Å². The summed E-state index contributed by atoms with van der Waals surface area (Å²) in [6, 6.07) is 10.4. The van der Waals surface area contributed by atoms with Gasteiger partial charge in [0.2, 0.25) is 0 Å². The third kappa shape index (κ3) is 2.32. The van der Waals surface area contributed by atoms with Gasteiger partial charge in [-0.3, -0.25) is 0 Å². The van der Waals surface area contributed by atoms with Gasteiger partial charge in [0.05, 0.1) is 0 Å². The molecule has 1 aliphatic heterocycles. The average molecular weight is 412 g/mol. The summed E-state index contributed by atoms with van der Waals surface area (Å²) in [6.45, 7) is 1.60. The van der Waals surface area contributed by atoms with Crippen molar-refractivity contribution in [3.05, 3.63) is 35.9 Å². The molecule has 85 valence electrons. The van der Waals surface area contributed by atoms with E-state index in [-0.39, 0.29) is 0 Å². The van der Waals surface area contributed by atoms with E-state index in [4.69, 9.17) is 9.47 Å². The van der Waals surface area contributed by atoms with E-state index < -0.39 is 0 Å². The molecule has 1 aliphatic carbocycles. The molecule has 1 saturated carbocycles. The Morgan fingerprint density at radius 3 is 2.81 bits per heavy atom. The van der Waals surface area contributed by atoms with E-state index in [1.165, 1.54) is 12.0 Å². The maximum atomic E-state index is 5.80. The summed E-state index contributed by atoms with van der Waals surface area (Å²) in [5.41, 5.74) is 1.26. The standard InChI is InChI=1S/C13H15O2.Po/c1-2-4-10(5-3-1)8-14-9-11-6-7-12-13(11)15-12;/h1-6,11-13H,7-9H2;/t11-,12+,13-;/m0./s1. The van der Waals surface area contributed by atoms with Gasteiger partial charge in [-0.05, 0) is 0 Å². The minimum absolute atomic E-state index is 0.526. The van der Waals surface area contributed by atoms with Crippen LogP contribution in [0.3, 0.4) is 0 Å². The molecule has 1 aromatic rings. The van der Waals surface area contributed by atoms with Crippen molar-refractivity contribution in [3.63, 3.8) is 0 Å². The Morgan fingerprint density at radius 1 is 1.31 bits per heavy atom. The molecule has 1 saturated heterocycles. The van der Waals surface area contributed by atoms with E-state index in [2.05, 4.69) is 24.3 Å². The average Bonchev–Trinajstić information content (AvgIpc) is 2.98. The van der Waals surface area contributed by atoms with E-state index in [0.29, 0.717) is 18.1 Å². The molecule has 0 N–H and O–H groups in total. The Labute approximate surface area is 111 Å². The molecule has 2 fully saturated rings. The predicted octanol–water partition coefficient (Wildman–Crippen LogP) is 1.95. The summed E-state index contributed by atoms with van der Waals surface area (Å²) in [5.74, 6) is 0.656. The molecule has 16 heavy (non-hydrogen) atoms. The van der Waals surface area contributed by atoms with E-state index in [1.54, 1.807) is 25.1 Å². The van der Waals surface area contributed by atoms with Gasteiger partial charge in [-0.2, -0.15) is 0 Å². The SMILES string of the molecule is [Po][C@H]1C[C@H]2O[C@H]2[C@@H]1COCc1ccccc1. The number of ether oxygens (including phenoxy) is 2. The third-order valence-corrected chi connectivity index (χ3v) is 5.51. The van der Waals surface area contributed by atoms with Crippen LogP contribution in [0.25, 0.3) is 0 Å². The molecular formula is C13H15O2Po. The van der Waals surface area contributed by atoms with Crippen LogP contribution in [0, 0.1) is 5.92 Å². The topological polar surface area (TPSA) is 21.8 Å². The summed E-state index contributed by atoms with van der Waals surface area (Å²) < 4.78 is 12.2. The van der Waals surface area contributed by atoms with Crippen LogP contribution in [0.5, 0.6) is 0 Å². The summed E-state index contributed by atoms with van der Waals surface area (Å²) in [6.07, 6.45) is 2.37. The fourth-order valence-electron chi connectivity index (χ4n) is 2.43. The van der Waals surface area contributed by atoms with E-state index >= 15 is 0 Å². The van der Waals surface area contributed by atoms with E-state index in [0.717, 1.165) is 16.8 Å². The quantitative estimate of drug-likeness (QED) is 0.706. The van der Waals surface area contributed by atoms with Gasteiger partial charge in [-0.15, -0.1) is 0 Å². The Hall–Kier alpha value is 0.0361. The molecule has 3 heteroatoms. The van der Waals surface area contributed by atoms with Crippen molar-refractivity contribution in [1.82, 2.24) is 0 Å². The zero-order chi connectivity index (χ0) is 11.0. The number of hydrogen-bond acceptors (Lipinski definition) is 2. The number of hydrogen-bond donors (Lipinski definition) is 0. The van der Waals surface area contributed by atoms with Crippen LogP contribution in [0.15, 0.2) is 30.3 Å². The van der Waals surface area contributed by atoms with Crippen LogP contribution in [-0.2, 0) is 16.1 Å². The molecule has 0 spiro atoms. The molecule has 1 radical (unpaired) electrons. The molecule has 4 atom stereocenters. The molecule has 2 aliphatic rings. The van der Waals surface area contributed by atoms with Crippen LogP contribution in [-0.4, -0.2) is 43.9 Å². The number of fused-ring (bicyclic) bond motifs is 1. The van der Waals surface area contributed by atoms with Crippen molar-refractivity contribution in [1.29, 1.82) is 0 Å². The monoisotopic (exact) mass is 412 g/mol. The summed E-state index contributed by atoms with van der Waals surface area (Å²) in [4.78, 5) is 0. The number of epoxide rings is 1. The third-order valence-electron chi connectivity index (χ3n) is 3.41. The molecule has 0 bridgehead atoms. The Balaban J connectivity index is 1.47. The molecule has 0 unspecified atom stereocenters. The summed E-state index contributed by atoms with van der Waals surface area (Å²) in [5, 5.41) is 0. The van der Waals surface area contributed by atoms with Gasteiger partial charge in [0.15, 0.2) is 0 Å². The fourth-order valence-corrected chi connectivity index (χ4v) is 4.07. The first-order valence-electron chi connectivity index (χ1n) is 5.77. The molecule has 1 heterocycles. The summed E-state index contributed by atoms with van der Waals surface area (Å²) >= 11 is 1.69. The van der Waals surface area contributed by atoms with E-state index in [9.17, 15) is 0 Å². The zero-order valence-corrected chi connectivity index (χ0v) is 12.2. The molecule has 1 aromatic carbocycles. The van der Waals surface area contributed by atoms with Crippen molar-refractivity contribution >= 4 is 25.1 Å². The van der Waals surface area contributed by atoms with Gasteiger partial charge >= 0.3 is 112 Å². The molecular weight excluding hydrogens is 397 g/mol. The molecule has 2 nitrogen and oxygen atoms in total. The van der Waals surface area contributed by atoms with E-state index in [1.807, 2.05) is 6.07 Å². The maximum absolute atomic E-state index is 5.80. The summed E-state index contributed by atoms with van der Waals surface area (Å²) in [7, 11) is 0. The first kappa shape index (κ1) is 11.1. The van der Waals surface area contributed by atoms with Crippen LogP contribution in [0.1, 0.15) is 12.0 Å². The second-order valence-electron chi connectivity index (χ2n) is 4.58.